The first-order chi connectivity index (χ1) is 43.4. The summed E-state index contributed by atoms with van der Waals surface area (Å²) < 4.78 is 0. The Balaban J connectivity index is 0.00000117. The molecule has 0 N–H and O–H groups in total. The Morgan fingerprint density at radius 3 is 1.56 bits per heavy atom. The van der Waals surface area contributed by atoms with E-state index in [1.807, 2.05) is 13.8 Å². The minimum absolute atomic E-state index is 0.180. The first-order valence-electron chi connectivity index (χ1n) is 31.1. The molecule has 0 unspecified atom stereocenters. The molecule has 3 aliphatic carbocycles. The molecule has 0 aliphatic heterocycles. The summed E-state index contributed by atoms with van der Waals surface area (Å²) in [6.45, 7) is 25.1. The highest BCUT2D eigenvalue weighted by atomic mass is 15.1. The van der Waals surface area contributed by atoms with Gasteiger partial charge in [0.2, 0.25) is 0 Å². The Kier molecular flexibility index (Phi) is 15.5. The van der Waals surface area contributed by atoms with Crippen molar-refractivity contribution in [3.05, 3.63) is 366 Å². The van der Waals surface area contributed by atoms with Crippen LogP contribution in [0.5, 0.6) is 0 Å². The highest BCUT2D eigenvalue weighted by Crippen LogP contribution is 2.53. The molecular formula is C87H74N2. The molecule has 0 atom stereocenters. The predicted octanol–water partition coefficient (Wildman–Crippen LogP) is 22.2. The van der Waals surface area contributed by atoms with Crippen LogP contribution in [0.15, 0.2) is 322 Å². The van der Waals surface area contributed by atoms with Crippen molar-refractivity contribution in [2.75, 3.05) is 9.80 Å². The fourth-order valence-electron chi connectivity index (χ4n) is 14.2. The molecule has 0 saturated heterocycles. The van der Waals surface area contributed by atoms with Gasteiger partial charge < -0.3 is 9.80 Å². The van der Waals surface area contributed by atoms with Crippen LogP contribution in [0.1, 0.15) is 81.3 Å². The Morgan fingerprint density at radius 2 is 0.865 bits per heavy atom. The molecule has 3 aliphatic rings. The van der Waals surface area contributed by atoms with Gasteiger partial charge in [-0.25, -0.2) is 0 Å². The van der Waals surface area contributed by atoms with E-state index in [4.69, 9.17) is 6.58 Å². The zero-order valence-corrected chi connectivity index (χ0v) is 51.9. The molecule has 0 bridgehead atoms. The number of anilines is 5. The van der Waals surface area contributed by atoms with Gasteiger partial charge in [-0.2, -0.15) is 0 Å². The molecule has 89 heavy (non-hydrogen) atoms. The van der Waals surface area contributed by atoms with Gasteiger partial charge in [0.15, 0.2) is 0 Å². The third-order valence-electron chi connectivity index (χ3n) is 18.2. The molecule has 2 nitrogen and oxygen atoms in total. The molecule has 0 amide bonds. The van der Waals surface area contributed by atoms with Gasteiger partial charge in [0.1, 0.15) is 0 Å². The number of allylic oxidation sites excluding steroid dienone is 4. The lowest BCUT2D eigenvalue weighted by atomic mass is 9.78. The minimum atomic E-state index is -0.246. The summed E-state index contributed by atoms with van der Waals surface area (Å²) in [4.78, 5) is 4.78. The van der Waals surface area contributed by atoms with Gasteiger partial charge in [0.25, 0.3) is 0 Å². The van der Waals surface area contributed by atoms with Gasteiger partial charge in [0, 0.05) is 45.0 Å². The predicted molar refractivity (Wildman–Crippen MR) is 382 cm³/mol. The maximum Gasteiger partial charge on any atom is 0.0468 e. The summed E-state index contributed by atoms with van der Waals surface area (Å²) in [5.41, 5.74) is 25.1. The van der Waals surface area contributed by atoms with Crippen molar-refractivity contribution in [3.63, 3.8) is 0 Å². The first kappa shape index (κ1) is 57.5. The van der Waals surface area contributed by atoms with E-state index in [1.54, 1.807) is 12.2 Å². The molecule has 0 aromatic heterocycles. The summed E-state index contributed by atoms with van der Waals surface area (Å²) in [6.07, 6.45) is 6.54. The van der Waals surface area contributed by atoms with Crippen molar-refractivity contribution in [2.45, 2.75) is 58.8 Å². The maximum absolute atomic E-state index is 4.96. The van der Waals surface area contributed by atoms with Crippen LogP contribution in [-0.4, -0.2) is 0 Å². The number of hydrogen-bond donors (Lipinski definition) is 0. The topological polar surface area (TPSA) is 6.48 Å². The maximum atomic E-state index is 4.96. The van der Waals surface area contributed by atoms with E-state index in [-0.39, 0.29) is 10.8 Å². The smallest absolute Gasteiger partial charge is 0.0468 e. The molecule has 0 radical (unpaired) electrons. The van der Waals surface area contributed by atoms with Crippen LogP contribution >= 0.6 is 0 Å². The van der Waals surface area contributed by atoms with E-state index in [0.29, 0.717) is 6.42 Å². The summed E-state index contributed by atoms with van der Waals surface area (Å²) in [5, 5.41) is 7.43. The van der Waals surface area contributed by atoms with Gasteiger partial charge >= 0.3 is 0 Å². The number of hydrogen-bond acceptors (Lipinski definition) is 2. The van der Waals surface area contributed by atoms with Crippen molar-refractivity contribution in [3.8, 4) is 33.4 Å². The van der Waals surface area contributed by atoms with E-state index >= 15 is 0 Å². The van der Waals surface area contributed by atoms with Crippen molar-refractivity contribution in [1.29, 1.82) is 0 Å². The molecule has 0 heterocycles. The highest BCUT2D eigenvalue weighted by molar-refractivity contribution is 6.01. The van der Waals surface area contributed by atoms with Crippen molar-refractivity contribution in [1.82, 2.24) is 0 Å². The second-order valence-electron chi connectivity index (χ2n) is 24.5. The standard InChI is InChI=1S/C81H62N2.2C3H6/c1-53(82(60-27-11-7-12-28-60)61-29-13-8-14-30-61)48-59-49-73(58-39-44-69-72-45-38-57-25-16-18-32-66(57)79(72)81(4,5)76(69)50-58)74-51-63(43-47-71(74)78(59)70-34-21-26-56-24-15-17-31-65(56)70)83(62-40-36-55(37-41-62)54-22-9-6-10-23-54)64-42-46-68-67-33-19-20-35-75(67)80(2,3)77(68)52-64;2*1-3-2/h6-48,50-52H,1,49H2,2-5H3;2*3H,1H2,2H3/b59-48+;;. The van der Waals surface area contributed by atoms with E-state index in [0.717, 1.165) is 34.1 Å². The van der Waals surface area contributed by atoms with Crippen LogP contribution in [0.2, 0.25) is 0 Å². The molecule has 15 rings (SSSR count). The first-order valence-corrected chi connectivity index (χ1v) is 31.1. The van der Waals surface area contributed by atoms with Crippen molar-refractivity contribution in [2.24, 2.45) is 0 Å². The number of rotatable bonds is 10. The lowest BCUT2D eigenvalue weighted by molar-refractivity contribution is 0.660. The normalized spacial score (nSPS) is 14.0. The Hall–Kier alpha value is -10.5. The van der Waals surface area contributed by atoms with Crippen molar-refractivity contribution >= 4 is 61.1 Å². The molecule has 0 fully saturated rings. The molecule has 12 aromatic rings. The number of para-hydroxylation sites is 2. The second kappa shape index (κ2) is 24.0. The molecular weight excluding hydrogens is 1070 g/mol. The lowest BCUT2D eigenvalue weighted by Crippen LogP contribution is -2.35. The third kappa shape index (κ3) is 10.3. The van der Waals surface area contributed by atoms with E-state index < -0.39 is 0 Å². The monoisotopic (exact) mass is 1150 g/mol. The van der Waals surface area contributed by atoms with E-state index in [2.05, 4.69) is 330 Å². The second-order valence-corrected chi connectivity index (χ2v) is 24.5. The summed E-state index contributed by atoms with van der Waals surface area (Å²) >= 11 is 0. The molecule has 12 aromatic carbocycles. The summed E-state index contributed by atoms with van der Waals surface area (Å²) in [6, 6.07) is 101. The average Bonchev–Trinajstić information content (AvgIpc) is 1.74. The summed E-state index contributed by atoms with van der Waals surface area (Å²) in [7, 11) is 0. The minimum Gasteiger partial charge on any atom is -0.311 e. The van der Waals surface area contributed by atoms with Crippen LogP contribution in [0.4, 0.5) is 28.4 Å². The molecule has 0 spiro atoms. The SMILES string of the molecule is C=C(/C=C1\CC(c2ccc3c(c2)C(C)(C)c2c-3ccc3ccccc23)=c2cc(N(c3ccc(-c4ccccc4)cc3)c3ccc4c(c3)C(C)(C)c3ccccc3-4)ccc2=C1c1cccc2ccccc12)N(c1ccccc1)c1ccccc1.C=CC.C=CC. The summed E-state index contributed by atoms with van der Waals surface area (Å²) in [5.74, 6) is 0. The van der Waals surface area contributed by atoms with E-state index in [9.17, 15) is 0 Å². The third-order valence-corrected chi connectivity index (χ3v) is 18.2. The van der Waals surface area contributed by atoms with Crippen LogP contribution < -0.4 is 20.2 Å². The molecule has 432 valence electrons. The number of nitrogens with zero attached hydrogens (tertiary/aromatic N) is 2. The van der Waals surface area contributed by atoms with Crippen LogP contribution in [0.25, 0.3) is 66.1 Å². The lowest BCUT2D eigenvalue weighted by Gasteiger charge is -2.30. The Labute approximate surface area is 526 Å². The van der Waals surface area contributed by atoms with Crippen molar-refractivity contribution < 1.29 is 0 Å². The number of fused-ring (bicyclic) bond motifs is 10. The Bertz CT molecular complexity index is 4820. The van der Waals surface area contributed by atoms with Gasteiger partial charge in [-0.1, -0.05) is 253 Å². The Morgan fingerprint density at radius 1 is 0.382 bits per heavy atom. The molecule has 2 heteroatoms. The van der Waals surface area contributed by atoms with Crippen LogP contribution in [0, 0.1) is 0 Å². The fourth-order valence-corrected chi connectivity index (χ4v) is 14.2. The quantitative estimate of drug-likeness (QED) is 0.126. The zero-order chi connectivity index (χ0) is 61.4. The van der Waals surface area contributed by atoms with Gasteiger partial charge in [-0.3, -0.25) is 0 Å². The highest BCUT2D eigenvalue weighted by Gasteiger charge is 2.38. The van der Waals surface area contributed by atoms with Gasteiger partial charge in [-0.15, -0.1) is 13.2 Å². The fraction of sp³-hybridized carbons (Fsp3) is 0.103. The molecule has 0 saturated carbocycles. The average molecular weight is 1150 g/mol. The largest absolute Gasteiger partial charge is 0.311 e. The van der Waals surface area contributed by atoms with Gasteiger partial charge in [-0.05, 0) is 209 Å². The van der Waals surface area contributed by atoms with Crippen LogP contribution in [-0.2, 0) is 10.8 Å². The number of benzene rings is 12. The van der Waals surface area contributed by atoms with Crippen LogP contribution in [0.3, 0.4) is 0 Å². The zero-order valence-electron chi connectivity index (χ0n) is 51.9. The van der Waals surface area contributed by atoms with E-state index in [1.165, 1.54) is 115 Å². The van der Waals surface area contributed by atoms with Gasteiger partial charge in [0.05, 0.1) is 0 Å².